The third-order valence-corrected chi connectivity index (χ3v) is 2.96. The summed E-state index contributed by atoms with van der Waals surface area (Å²) in [4.78, 5) is 4.26. The van der Waals surface area contributed by atoms with E-state index in [1.807, 2.05) is 6.07 Å². The number of aromatic hydroxyl groups is 1. The smallest absolute Gasteiger partial charge is 0.203 e. The molecule has 5 nitrogen and oxygen atoms in total. The van der Waals surface area contributed by atoms with Crippen molar-refractivity contribution in [3.05, 3.63) is 42.0 Å². The van der Waals surface area contributed by atoms with Crippen molar-refractivity contribution < 1.29 is 19.3 Å². The largest absolute Gasteiger partial charge is 0.506 e. The van der Waals surface area contributed by atoms with Gasteiger partial charge in [0.05, 0.1) is 21.3 Å². The summed E-state index contributed by atoms with van der Waals surface area (Å²) in [5.41, 5.74) is 1.20. The molecule has 5 heteroatoms. The Hall–Kier alpha value is -2.69. The molecule has 1 N–H and O–H groups in total. The molecule has 0 heterocycles. The van der Waals surface area contributed by atoms with E-state index in [2.05, 4.69) is 4.99 Å². The molecule has 0 atom stereocenters. The second-order valence-electron chi connectivity index (χ2n) is 4.17. The van der Waals surface area contributed by atoms with Gasteiger partial charge in [0, 0.05) is 11.8 Å². The molecule has 2 rings (SSSR count). The number of para-hydroxylation sites is 2. The lowest BCUT2D eigenvalue weighted by Crippen LogP contribution is -1.98. The number of phenolic OH excluding ortho intramolecular Hbond substituents is 1. The molecule has 110 valence electrons. The maximum absolute atomic E-state index is 9.71. The van der Waals surface area contributed by atoms with Crippen LogP contribution in [-0.2, 0) is 0 Å². The van der Waals surface area contributed by atoms with E-state index in [1.54, 1.807) is 57.9 Å². The summed E-state index contributed by atoms with van der Waals surface area (Å²) in [7, 11) is 4.66. The SMILES string of the molecule is COc1ccc(C=Nc2ccccc2O)c(OC)c1OC. The quantitative estimate of drug-likeness (QED) is 0.858. The molecule has 0 radical (unpaired) electrons. The molecule has 0 saturated heterocycles. The van der Waals surface area contributed by atoms with Gasteiger partial charge in [-0.15, -0.1) is 0 Å². The number of benzene rings is 2. The lowest BCUT2D eigenvalue weighted by Gasteiger charge is -2.13. The van der Waals surface area contributed by atoms with Crippen LogP contribution in [0, 0.1) is 0 Å². The van der Waals surface area contributed by atoms with Crippen LogP contribution < -0.4 is 14.2 Å². The van der Waals surface area contributed by atoms with Gasteiger partial charge in [0.25, 0.3) is 0 Å². The fraction of sp³-hybridized carbons (Fsp3) is 0.188. The monoisotopic (exact) mass is 287 g/mol. The number of ether oxygens (including phenoxy) is 3. The first kappa shape index (κ1) is 14.7. The Morgan fingerprint density at radius 3 is 2.24 bits per heavy atom. The molecule has 2 aromatic rings. The number of nitrogens with zero attached hydrogens (tertiary/aromatic N) is 1. The minimum absolute atomic E-state index is 0.119. The van der Waals surface area contributed by atoms with E-state index >= 15 is 0 Å². The van der Waals surface area contributed by atoms with Gasteiger partial charge in [0.1, 0.15) is 11.4 Å². The van der Waals surface area contributed by atoms with E-state index in [-0.39, 0.29) is 5.75 Å². The second-order valence-corrected chi connectivity index (χ2v) is 4.17. The lowest BCUT2D eigenvalue weighted by molar-refractivity contribution is 0.324. The predicted octanol–water partition coefficient (Wildman–Crippen LogP) is 3.17. The molecule has 21 heavy (non-hydrogen) atoms. The van der Waals surface area contributed by atoms with Gasteiger partial charge in [-0.3, -0.25) is 4.99 Å². The van der Waals surface area contributed by atoms with Crippen LogP contribution in [0.1, 0.15) is 5.56 Å². The molecule has 0 unspecified atom stereocenters. The van der Waals surface area contributed by atoms with E-state index in [0.717, 1.165) is 5.56 Å². The zero-order valence-corrected chi connectivity index (χ0v) is 12.2. The van der Waals surface area contributed by atoms with Gasteiger partial charge >= 0.3 is 0 Å². The van der Waals surface area contributed by atoms with Crippen molar-refractivity contribution >= 4 is 11.9 Å². The highest BCUT2D eigenvalue weighted by Gasteiger charge is 2.14. The molecule has 0 aliphatic heterocycles. The molecule has 0 spiro atoms. The third-order valence-electron chi connectivity index (χ3n) is 2.96. The highest BCUT2D eigenvalue weighted by molar-refractivity contribution is 5.88. The number of phenols is 1. The number of aliphatic imine (C=N–C) groups is 1. The van der Waals surface area contributed by atoms with Crippen LogP contribution in [0.15, 0.2) is 41.4 Å². The summed E-state index contributed by atoms with van der Waals surface area (Å²) < 4.78 is 15.9. The summed E-state index contributed by atoms with van der Waals surface area (Å²) in [6.45, 7) is 0. The minimum atomic E-state index is 0.119. The maximum Gasteiger partial charge on any atom is 0.203 e. The van der Waals surface area contributed by atoms with Gasteiger partial charge in [-0.2, -0.15) is 0 Å². The van der Waals surface area contributed by atoms with Crippen LogP contribution in [0.25, 0.3) is 0 Å². The van der Waals surface area contributed by atoms with Crippen molar-refractivity contribution in [2.75, 3.05) is 21.3 Å². The Balaban J connectivity index is 2.43. The summed E-state index contributed by atoms with van der Waals surface area (Å²) in [6.07, 6.45) is 1.61. The molecular formula is C16H17NO4. The summed E-state index contributed by atoms with van der Waals surface area (Å²) >= 11 is 0. The summed E-state index contributed by atoms with van der Waals surface area (Å²) in [5, 5.41) is 9.71. The standard InChI is InChI=1S/C16H17NO4/c1-19-14-9-8-11(15(20-2)16(14)21-3)10-17-12-6-4-5-7-13(12)18/h4-10,18H,1-3H3. The van der Waals surface area contributed by atoms with E-state index in [9.17, 15) is 5.11 Å². The van der Waals surface area contributed by atoms with E-state index in [1.165, 1.54) is 0 Å². The van der Waals surface area contributed by atoms with Crippen molar-refractivity contribution in [1.29, 1.82) is 0 Å². The van der Waals surface area contributed by atoms with Crippen molar-refractivity contribution in [3.8, 4) is 23.0 Å². The van der Waals surface area contributed by atoms with E-state index in [0.29, 0.717) is 22.9 Å². The van der Waals surface area contributed by atoms with Crippen molar-refractivity contribution in [2.24, 2.45) is 4.99 Å². The first-order valence-electron chi connectivity index (χ1n) is 6.32. The second kappa shape index (κ2) is 6.65. The van der Waals surface area contributed by atoms with Gasteiger partial charge in [-0.05, 0) is 24.3 Å². The number of rotatable bonds is 5. The Morgan fingerprint density at radius 1 is 0.905 bits per heavy atom. The first-order chi connectivity index (χ1) is 10.2. The van der Waals surface area contributed by atoms with Crippen LogP contribution in [0.2, 0.25) is 0 Å². The third kappa shape index (κ3) is 3.08. The predicted molar refractivity (Wildman–Crippen MR) is 81.5 cm³/mol. The normalized spacial score (nSPS) is 10.6. The lowest BCUT2D eigenvalue weighted by atomic mass is 10.2. The van der Waals surface area contributed by atoms with Crippen LogP contribution in [0.5, 0.6) is 23.0 Å². The summed E-state index contributed by atoms with van der Waals surface area (Å²) in [5.74, 6) is 1.72. The fourth-order valence-corrected chi connectivity index (χ4v) is 1.94. The Morgan fingerprint density at radius 2 is 1.62 bits per heavy atom. The van der Waals surface area contributed by atoms with Crippen molar-refractivity contribution in [1.82, 2.24) is 0 Å². The zero-order chi connectivity index (χ0) is 15.2. The van der Waals surface area contributed by atoms with Gasteiger partial charge in [0.2, 0.25) is 5.75 Å². The van der Waals surface area contributed by atoms with Gasteiger partial charge < -0.3 is 19.3 Å². The minimum Gasteiger partial charge on any atom is -0.506 e. The van der Waals surface area contributed by atoms with Crippen LogP contribution in [-0.4, -0.2) is 32.7 Å². The maximum atomic E-state index is 9.71. The van der Waals surface area contributed by atoms with Gasteiger partial charge in [0.15, 0.2) is 11.5 Å². The molecular weight excluding hydrogens is 270 g/mol. The Kier molecular flexibility index (Phi) is 4.66. The number of hydrogen-bond donors (Lipinski definition) is 1. The molecule has 0 fully saturated rings. The molecule has 2 aromatic carbocycles. The zero-order valence-electron chi connectivity index (χ0n) is 12.2. The molecule has 0 aliphatic rings. The van der Waals surface area contributed by atoms with E-state index < -0.39 is 0 Å². The molecule has 0 aliphatic carbocycles. The topological polar surface area (TPSA) is 60.3 Å². The van der Waals surface area contributed by atoms with Crippen LogP contribution >= 0.6 is 0 Å². The van der Waals surface area contributed by atoms with Crippen LogP contribution in [0.4, 0.5) is 5.69 Å². The Bertz CT molecular complexity index is 653. The molecule has 0 bridgehead atoms. The van der Waals surface area contributed by atoms with E-state index in [4.69, 9.17) is 14.2 Å². The van der Waals surface area contributed by atoms with Gasteiger partial charge in [-0.25, -0.2) is 0 Å². The molecule has 0 saturated carbocycles. The molecule has 0 aromatic heterocycles. The highest BCUT2D eigenvalue weighted by atomic mass is 16.5. The average Bonchev–Trinajstić information content (AvgIpc) is 2.52. The summed E-state index contributed by atoms with van der Waals surface area (Å²) in [6, 6.07) is 10.4. The number of methoxy groups -OCH3 is 3. The van der Waals surface area contributed by atoms with Crippen LogP contribution in [0.3, 0.4) is 0 Å². The van der Waals surface area contributed by atoms with Crippen molar-refractivity contribution in [2.45, 2.75) is 0 Å². The van der Waals surface area contributed by atoms with Crippen molar-refractivity contribution in [3.63, 3.8) is 0 Å². The number of hydrogen-bond acceptors (Lipinski definition) is 5. The average molecular weight is 287 g/mol. The highest BCUT2D eigenvalue weighted by Crippen LogP contribution is 2.39. The molecule has 0 amide bonds. The first-order valence-corrected chi connectivity index (χ1v) is 6.32. The van der Waals surface area contributed by atoms with Gasteiger partial charge in [-0.1, -0.05) is 12.1 Å². The fourth-order valence-electron chi connectivity index (χ4n) is 1.94. The Labute approximate surface area is 123 Å².